The average Bonchev–Trinajstić information content (AvgIpc) is 2.74. The van der Waals surface area contributed by atoms with Crippen LogP contribution < -0.4 is 10.3 Å². The van der Waals surface area contributed by atoms with Gasteiger partial charge in [-0.3, -0.25) is 4.79 Å². The number of piperidine rings is 1. The molecule has 0 radical (unpaired) electrons. The molecule has 0 bridgehead atoms. The summed E-state index contributed by atoms with van der Waals surface area (Å²) in [5.41, 5.74) is 0.642. The van der Waals surface area contributed by atoms with Gasteiger partial charge in [0.25, 0.3) is 5.56 Å². The summed E-state index contributed by atoms with van der Waals surface area (Å²) in [4.78, 5) is 21.8. The molecule has 1 fully saturated rings. The number of rotatable bonds is 8. The van der Waals surface area contributed by atoms with E-state index < -0.39 is 5.56 Å². The number of hydrogen-bond donors (Lipinski definition) is 1. The van der Waals surface area contributed by atoms with E-state index in [4.69, 9.17) is 4.74 Å². The van der Waals surface area contributed by atoms with Crippen molar-refractivity contribution < 1.29 is 4.74 Å². The maximum Gasteiger partial charge on any atom is 0.270 e. The van der Waals surface area contributed by atoms with Gasteiger partial charge in [0.15, 0.2) is 5.16 Å². The van der Waals surface area contributed by atoms with E-state index in [1.807, 2.05) is 36.6 Å². The fourth-order valence-electron chi connectivity index (χ4n) is 3.44. The van der Waals surface area contributed by atoms with Gasteiger partial charge in [0.1, 0.15) is 23.1 Å². The molecule has 1 saturated heterocycles. The van der Waals surface area contributed by atoms with Gasteiger partial charge in [-0.2, -0.15) is 5.26 Å². The Labute approximate surface area is 169 Å². The number of likely N-dealkylation sites (tertiary alicyclic amines) is 1. The van der Waals surface area contributed by atoms with E-state index in [1.165, 1.54) is 44.1 Å². The number of aromatic nitrogens is 2. The molecule has 148 valence electrons. The van der Waals surface area contributed by atoms with Crippen LogP contribution >= 0.6 is 11.8 Å². The van der Waals surface area contributed by atoms with E-state index in [0.29, 0.717) is 28.8 Å². The SMILES string of the molecule is CSc1nc(-c2ccccc2OCCCCN2CCCCC2)c(C#N)c(=O)[nH]1. The predicted octanol–water partition coefficient (Wildman–Crippen LogP) is 3.68. The lowest BCUT2D eigenvalue weighted by molar-refractivity contribution is 0.216. The summed E-state index contributed by atoms with van der Waals surface area (Å²) in [5, 5.41) is 9.90. The van der Waals surface area contributed by atoms with E-state index in [-0.39, 0.29) is 5.56 Å². The fraction of sp³-hybridized carbons (Fsp3) is 0.476. The lowest BCUT2D eigenvalue weighted by Crippen LogP contribution is -2.30. The van der Waals surface area contributed by atoms with Gasteiger partial charge < -0.3 is 14.6 Å². The van der Waals surface area contributed by atoms with Gasteiger partial charge in [0, 0.05) is 5.56 Å². The zero-order valence-electron chi connectivity index (χ0n) is 16.2. The maximum absolute atomic E-state index is 12.2. The van der Waals surface area contributed by atoms with Gasteiger partial charge in [-0.25, -0.2) is 4.98 Å². The van der Waals surface area contributed by atoms with Crippen molar-refractivity contribution in [1.29, 1.82) is 5.26 Å². The van der Waals surface area contributed by atoms with Crippen LogP contribution in [0.1, 0.15) is 37.7 Å². The second-order valence-corrected chi connectivity index (χ2v) is 7.66. The first-order valence-electron chi connectivity index (χ1n) is 9.76. The zero-order valence-corrected chi connectivity index (χ0v) is 17.1. The Hall–Kier alpha value is -2.30. The molecule has 0 saturated carbocycles. The average molecular weight is 399 g/mol. The Balaban J connectivity index is 1.67. The Morgan fingerprint density at radius 2 is 2.04 bits per heavy atom. The van der Waals surface area contributed by atoms with E-state index in [9.17, 15) is 10.1 Å². The van der Waals surface area contributed by atoms with Gasteiger partial charge in [-0.15, -0.1) is 0 Å². The molecule has 1 N–H and O–H groups in total. The van der Waals surface area contributed by atoms with Crippen LogP contribution in [0.2, 0.25) is 0 Å². The van der Waals surface area contributed by atoms with Crippen molar-refractivity contribution in [3.8, 4) is 23.1 Å². The van der Waals surface area contributed by atoms with Gasteiger partial charge in [-0.05, 0) is 63.7 Å². The summed E-state index contributed by atoms with van der Waals surface area (Å²) >= 11 is 1.33. The number of nitriles is 1. The Bertz CT molecular complexity index is 885. The molecule has 7 heteroatoms. The highest BCUT2D eigenvalue weighted by molar-refractivity contribution is 7.98. The highest BCUT2D eigenvalue weighted by Gasteiger charge is 2.17. The first-order valence-corrected chi connectivity index (χ1v) is 11.0. The van der Waals surface area contributed by atoms with Crippen molar-refractivity contribution in [3.05, 3.63) is 40.2 Å². The standard InChI is InChI=1S/C21H26N4O2S/c1-28-21-23-19(17(15-22)20(26)24-21)16-9-3-4-10-18(16)27-14-8-7-13-25-11-5-2-6-12-25/h3-4,9-10H,2,5-8,11-14H2,1H3,(H,23,24,26). The van der Waals surface area contributed by atoms with Crippen LogP contribution in [0.4, 0.5) is 0 Å². The highest BCUT2D eigenvalue weighted by Crippen LogP contribution is 2.30. The van der Waals surface area contributed by atoms with Crippen LogP contribution in [-0.2, 0) is 0 Å². The van der Waals surface area contributed by atoms with E-state index >= 15 is 0 Å². The van der Waals surface area contributed by atoms with Crippen molar-refractivity contribution in [1.82, 2.24) is 14.9 Å². The lowest BCUT2D eigenvalue weighted by Gasteiger charge is -2.26. The largest absolute Gasteiger partial charge is 0.493 e. The monoisotopic (exact) mass is 398 g/mol. The minimum absolute atomic E-state index is 0.0129. The number of aromatic amines is 1. The van der Waals surface area contributed by atoms with Gasteiger partial charge >= 0.3 is 0 Å². The third-order valence-electron chi connectivity index (χ3n) is 4.92. The first kappa shape index (κ1) is 20.4. The Morgan fingerprint density at radius 1 is 1.25 bits per heavy atom. The molecule has 0 amide bonds. The molecule has 1 aliphatic rings. The van der Waals surface area contributed by atoms with Crippen molar-refractivity contribution in [3.63, 3.8) is 0 Å². The summed E-state index contributed by atoms with van der Waals surface area (Å²) < 4.78 is 6.01. The molecule has 0 aliphatic carbocycles. The van der Waals surface area contributed by atoms with Gasteiger partial charge in [0.05, 0.1) is 6.61 Å². The van der Waals surface area contributed by atoms with E-state index in [0.717, 1.165) is 19.4 Å². The summed E-state index contributed by atoms with van der Waals surface area (Å²) in [7, 11) is 0. The minimum atomic E-state index is -0.423. The second-order valence-electron chi connectivity index (χ2n) is 6.86. The van der Waals surface area contributed by atoms with Crippen molar-refractivity contribution >= 4 is 11.8 Å². The van der Waals surface area contributed by atoms with Gasteiger partial charge in [-0.1, -0.05) is 30.3 Å². The molecular formula is C21H26N4O2S. The van der Waals surface area contributed by atoms with Crippen LogP contribution in [0.5, 0.6) is 5.75 Å². The molecule has 2 heterocycles. The van der Waals surface area contributed by atoms with Crippen molar-refractivity contribution in [2.24, 2.45) is 0 Å². The molecule has 1 aromatic carbocycles. The fourth-order valence-corrected chi connectivity index (χ4v) is 3.82. The van der Waals surface area contributed by atoms with Crippen LogP contribution in [-0.4, -0.2) is 47.4 Å². The topological polar surface area (TPSA) is 82.0 Å². The number of para-hydroxylation sites is 1. The number of nitrogens with one attached hydrogen (secondary N) is 1. The van der Waals surface area contributed by atoms with Crippen molar-refractivity contribution in [2.45, 2.75) is 37.3 Å². The summed E-state index contributed by atoms with van der Waals surface area (Å²) in [6.45, 7) is 4.15. The van der Waals surface area contributed by atoms with Gasteiger partial charge in [0.2, 0.25) is 0 Å². The smallest absolute Gasteiger partial charge is 0.270 e. The zero-order chi connectivity index (χ0) is 19.8. The molecule has 3 rings (SSSR count). The predicted molar refractivity (Wildman–Crippen MR) is 112 cm³/mol. The van der Waals surface area contributed by atoms with Crippen molar-refractivity contribution in [2.75, 3.05) is 32.5 Å². The van der Waals surface area contributed by atoms with Crippen LogP contribution in [0, 0.1) is 11.3 Å². The number of thioether (sulfide) groups is 1. The molecular weight excluding hydrogens is 372 g/mol. The number of benzene rings is 1. The first-order chi connectivity index (χ1) is 13.7. The number of ether oxygens (including phenoxy) is 1. The molecule has 0 unspecified atom stereocenters. The quantitative estimate of drug-likeness (QED) is 0.415. The molecule has 1 aliphatic heterocycles. The normalized spacial score (nSPS) is 14.6. The van der Waals surface area contributed by atoms with Crippen LogP contribution in [0.3, 0.4) is 0 Å². The molecule has 28 heavy (non-hydrogen) atoms. The summed E-state index contributed by atoms with van der Waals surface area (Å²) in [5.74, 6) is 0.655. The molecule has 6 nitrogen and oxygen atoms in total. The maximum atomic E-state index is 12.2. The molecule has 0 spiro atoms. The lowest BCUT2D eigenvalue weighted by atomic mass is 10.1. The number of H-pyrrole nitrogens is 1. The number of hydrogen-bond acceptors (Lipinski definition) is 6. The second kappa shape index (κ2) is 10.3. The third-order valence-corrected chi connectivity index (χ3v) is 5.50. The van der Waals surface area contributed by atoms with E-state index in [2.05, 4.69) is 14.9 Å². The Kier molecular flexibility index (Phi) is 7.52. The molecule has 1 aromatic heterocycles. The minimum Gasteiger partial charge on any atom is -0.493 e. The van der Waals surface area contributed by atoms with Crippen LogP contribution in [0.25, 0.3) is 11.3 Å². The number of unbranched alkanes of at least 4 members (excludes halogenated alkanes) is 1. The Morgan fingerprint density at radius 3 is 2.79 bits per heavy atom. The molecule has 2 aromatic rings. The summed E-state index contributed by atoms with van der Waals surface area (Å²) in [6, 6.07) is 9.44. The molecule has 0 atom stereocenters. The highest BCUT2D eigenvalue weighted by atomic mass is 32.2. The number of nitrogens with zero attached hydrogens (tertiary/aromatic N) is 3. The third kappa shape index (κ3) is 5.15. The van der Waals surface area contributed by atoms with E-state index in [1.54, 1.807) is 0 Å². The van der Waals surface area contributed by atoms with Crippen LogP contribution in [0.15, 0.2) is 34.2 Å². The summed E-state index contributed by atoms with van der Waals surface area (Å²) in [6.07, 6.45) is 7.88.